The molecule has 0 radical (unpaired) electrons. The Labute approximate surface area is 224 Å². The summed E-state index contributed by atoms with van der Waals surface area (Å²) in [4.78, 5) is 13.1. The molecule has 0 spiro atoms. The van der Waals surface area contributed by atoms with E-state index in [1.807, 2.05) is 24.5 Å². The Kier molecular flexibility index (Phi) is 7.88. The lowest BCUT2D eigenvalue weighted by Gasteiger charge is -2.16. The van der Waals surface area contributed by atoms with Crippen molar-refractivity contribution in [1.82, 2.24) is 9.88 Å². The predicted molar refractivity (Wildman–Crippen MR) is 142 cm³/mol. The molecule has 0 saturated heterocycles. The molecule has 3 aromatic carbocycles. The molecule has 206 valence electrons. The maximum atomic E-state index is 14.6. The van der Waals surface area contributed by atoms with Crippen LogP contribution in [0.25, 0.3) is 10.9 Å². The molecule has 1 heterocycles. The summed E-state index contributed by atoms with van der Waals surface area (Å²) in [6.07, 6.45) is -4.54. The monoisotopic (exact) mass is 560 g/mol. The van der Waals surface area contributed by atoms with Gasteiger partial charge in [-0.3, -0.25) is 4.79 Å². The van der Waals surface area contributed by atoms with Crippen LogP contribution >= 0.6 is 0 Å². The molecule has 10 heteroatoms. The van der Waals surface area contributed by atoms with Crippen molar-refractivity contribution >= 4 is 26.6 Å². The predicted octanol–water partition coefficient (Wildman–Crippen LogP) is 6.69. The summed E-state index contributed by atoms with van der Waals surface area (Å²) in [5.41, 5.74) is 1.77. The second kappa shape index (κ2) is 10.8. The second-order valence-corrected chi connectivity index (χ2v) is 11.9. The van der Waals surface area contributed by atoms with Gasteiger partial charge in [0.2, 0.25) is 0 Å². The SMILES string of the molecule is CCS(=O)(=O)c1ccc(CNC(=O)c2ccc3c(c2)cc(Cc2ccc(C(F)(F)F)cc2F)n3C(C)C)cc1. The number of benzene rings is 3. The van der Waals surface area contributed by atoms with E-state index in [0.717, 1.165) is 28.6 Å². The zero-order valence-corrected chi connectivity index (χ0v) is 22.5. The van der Waals surface area contributed by atoms with Gasteiger partial charge >= 0.3 is 6.18 Å². The molecule has 0 aliphatic heterocycles. The van der Waals surface area contributed by atoms with Crippen LogP contribution in [-0.2, 0) is 29.0 Å². The number of hydrogen-bond donors (Lipinski definition) is 1. The highest BCUT2D eigenvalue weighted by atomic mass is 32.2. The van der Waals surface area contributed by atoms with Crippen LogP contribution in [0.5, 0.6) is 0 Å². The number of amides is 1. The molecule has 4 rings (SSSR count). The summed E-state index contributed by atoms with van der Waals surface area (Å²) in [5, 5.41) is 3.57. The fourth-order valence-electron chi connectivity index (χ4n) is 4.51. The molecule has 1 amide bonds. The number of sulfone groups is 1. The number of carbonyl (C=O) groups excluding carboxylic acids is 1. The van der Waals surface area contributed by atoms with E-state index in [1.54, 1.807) is 37.3 Å². The van der Waals surface area contributed by atoms with Crippen LogP contribution in [0.3, 0.4) is 0 Å². The third-order valence-electron chi connectivity index (χ3n) is 6.56. The number of nitrogens with one attached hydrogen (secondary N) is 1. The van der Waals surface area contributed by atoms with Crippen molar-refractivity contribution in [3.63, 3.8) is 0 Å². The zero-order valence-electron chi connectivity index (χ0n) is 21.6. The number of alkyl halides is 3. The van der Waals surface area contributed by atoms with Gasteiger partial charge in [-0.25, -0.2) is 12.8 Å². The fraction of sp³-hybridized carbons (Fsp3) is 0.276. The van der Waals surface area contributed by atoms with E-state index in [4.69, 9.17) is 0 Å². The highest BCUT2D eigenvalue weighted by Crippen LogP contribution is 2.32. The minimum atomic E-state index is -4.62. The molecule has 0 bridgehead atoms. The lowest BCUT2D eigenvalue weighted by atomic mass is 10.1. The van der Waals surface area contributed by atoms with E-state index in [-0.39, 0.29) is 41.1 Å². The first-order chi connectivity index (χ1) is 18.3. The number of rotatable bonds is 8. The van der Waals surface area contributed by atoms with Gasteiger partial charge in [0, 0.05) is 41.2 Å². The number of carbonyl (C=O) groups is 1. The van der Waals surface area contributed by atoms with E-state index in [9.17, 15) is 30.8 Å². The van der Waals surface area contributed by atoms with Crippen molar-refractivity contribution in [1.29, 1.82) is 0 Å². The van der Waals surface area contributed by atoms with Crippen molar-refractivity contribution < 1.29 is 30.8 Å². The van der Waals surface area contributed by atoms with Gasteiger partial charge in [-0.05, 0) is 73.5 Å². The minimum absolute atomic E-state index is 0.00505. The summed E-state index contributed by atoms with van der Waals surface area (Å²) in [6, 6.07) is 15.9. The van der Waals surface area contributed by atoms with Crippen LogP contribution in [0.15, 0.2) is 71.6 Å². The van der Waals surface area contributed by atoms with Gasteiger partial charge in [-0.2, -0.15) is 13.2 Å². The summed E-state index contributed by atoms with van der Waals surface area (Å²) in [6.45, 7) is 5.67. The van der Waals surface area contributed by atoms with E-state index in [1.165, 1.54) is 12.1 Å². The van der Waals surface area contributed by atoms with Gasteiger partial charge in [-0.15, -0.1) is 0 Å². The summed E-state index contributed by atoms with van der Waals surface area (Å²) in [5.74, 6) is -1.24. The molecule has 4 aromatic rings. The first kappa shape index (κ1) is 28.4. The van der Waals surface area contributed by atoms with Gasteiger partial charge < -0.3 is 9.88 Å². The van der Waals surface area contributed by atoms with Crippen molar-refractivity contribution in [2.24, 2.45) is 0 Å². The molecule has 0 unspecified atom stereocenters. The van der Waals surface area contributed by atoms with E-state index in [2.05, 4.69) is 5.32 Å². The molecule has 0 fully saturated rings. The molecule has 0 atom stereocenters. The Morgan fingerprint density at radius 3 is 2.26 bits per heavy atom. The number of aromatic nitrogens is 1. The molecule has 1 N–H and O–H groups in total. The van der Waals surface area contributed by atoms with Crippen molar-refractivity contribution in [3.05, 3.63) is 100 Å². The summed E-state index contributed by atoms with van der Waals surface area (Å²) in [7, 11) is -3.30. The van der Waals surface area contributed by atoms with Gasteiger partial charge in [0.05, 0.1) is 16.2 Å². The van der Waals surface area contributed by atoms with E-state index >= 15 is 0 Å². The highest BCUT2D eigenvalue weighted by molar-refractivity contribution is 7.91. The lowest BCUT2D eigenvalue weighted by molar-refractivity contribution is -0.137. The molecule has 0 saturated carbocycles. The van der Waals surface area contributed by atoms with Gasteiger partial charge in [0.1, 0.15) is 5.82 Å². The average Bonchev–Trinajstić information content (AvgIpc) is 3.25. The quantitative estimate of drug-likeness (QED) is 0.244. The Bertz CT molecular complexity index is 1620. The maximum absolute atomic E-state index is 14.6. The van der Waals surface area contributed by atoms with Gasteiger partial charge in [-0.1, -0.05) is 25.1 Å². The number of nitrogens with zero attached hydrogens (tertiary/aromatic N) is 1. The standard InChI is InChI=1S/C29H28F4N2O3S/c1-4-39(37,38)25-10-5-19(6-11-25)17-34-28(36)21-8-12-27-22(13-21)15-24(35(27)18(2)3)14-20-7-9-23(16-26(20)30)29(31,32)33/h5-13,15-16,18H,4,14,17H2,1-3H3,(H,34,36). The van der Waals surface area contributed by atoms with Crippen LogP contribution in [-0.4, -0.2) is 24.6 Å². The fourth-order valence-corrected chi connectivity index (χ4v) is 5.39. The first-order valence-corrected chi connectivity index (χ1v) is 14.0. The Hall–Kier alpha value is -3.66. The Morgan fingerprint density at radius 1 is 0.974 bits per heavy atom. The van der Waals surface area contributed by atoms with E-state index < -0.39 is 27.4 Å². The first-order valence-electron chi connectivity index (χ1n) is 12.4. The molecule has 0 aliphatic rings. The molecular weight excluding hydrogens is 532 g/mol. The van der Waals surface area contributed by atoms with Crippen LogP contribution in [0, 0.1) is 5.82 Å². The Morgan fingerprint density at radius 2 is 1.67 bits per heavy atom. The summed E-state index contributed by atoms with van der Waals surface area (Å²) < 4.78 is 79.3. The molecule has 5 nitrogen and oxygen atoms in total. The molecule has 1 aromatic heterocycles. The van der Waals surface area contributed by atoms with Gasteiger partial charge in [0.25, 0.3) is 5.91 Å². The molecule has 0 aliphatic carbocycles. The molecular formula is C29H28F4N2O3S. The van der Waals surface area contributed by atoms with Crippen LogP contribution in [0.2, 0.25) is 0 Å². The van der Waals surface area contributed by atoms with Gasteiger partial charge in [0.15, 0.2) is 9.84 Å². The number of halogens is 4. The van der Waals surface area contributed by atoms with Crippen LogP contribution < -0.4 is 5.32 Å². The highest BCUT2D eigenvalue weighted by Gasteiger charge is 2.31. The second-order valence-electron chi connectivity index (χ2n) is 9.58. The van der Waals surface area contributed by atoms with Crippen molar-refractivity contribution in [3.8, 4) is 0 Å². The smallest absolute Gasteiger partial charge is 0.348 e. The topological polar surface area (TPSA) is 68.2 Å². The van der Waals surface area contributed by atoms with E-state index in [0.29, 0.717) is 17.3 Å². The zero-order chi connectivity index (χ0) is 28.5. The normalized spacial score (nSPS) is 12.3. The third kappa shape index (κ3) is 6.16. The Balaban J connectivity index is 1.55. The maximum Gasteiger partial charge on any atom is 0.416 e. The number of fused-ring (bicyclic) bond motifs is 1. The number of hydrogen-bond acceptors (Lipinski definition) is 3. The van der Waals surface area contributed by atoms with Crippen molar-refractivity contribution in [2.75, 3.05) is 5.75 Å². The van der Waals surface area contributed by atoms with Crippen LogP contribution in [0.1, 0.15) is 59.6 Å². The third-order valence-corrected chi connectivity index (χ3v) is 8.32. The van der Waals surface area contributed by atoms with Crippen LogP contribution in [0.4, 0.5) is 17.6 Å². The van der Waals surface area contributed by atoms with Crippen molar-refractivity contribution in [2.45, 2.75) is 50.9 Å². The lowest BCUT2D eigenvalue weighted by Crippen LogP contribution is -2.22. The minimum Gasteiger partial charge on any atom is -0.348 e. The average molecular weight is 561 g/mol. The molecule has 39 heavy (non-hydrogen) atoms. The summed E-state index contributed by atoms with van der Waals surface area (Å²) >= 11 is 0. The largest absolute Gasteiger partial charge is 0.416 e.